The van der Waals surface area contributed by atoms with Gasteiger partial charge in [0.1, 0.15) is 6.04 Å². The Kier molecular flexibility index (Phi) is 9.93. The second kappa shape index (κ2) is 13.0. The monoisotopic (exact) mass is 557 g/mol. The van der Waals surface area contributed by atoms with Gasteiger partial charge in [0.05, 0.1) is 29.8 Å². The Bertz CT molecular complexity index is 1150. The Labute approximate surface area is 237 Å². The van der Waals surface area contributed by atoms with E-state index in [1.54, 1.807) is 19.1 Å². The van der Waals surface area contributed by atoms with Crippen LogP contribution < -0.4 is 5.32 Å². The van der Waals surface area contributed by atoms with Gasteiger partial charge in [-0.2, -0.15) is 0 Å². The molecule has 8 atom stereocenters. The predicted molar refractivity (Wildman–Crippen MR) is 154 cm³/mol. The minimum atomic E-state index is -0.733. The third kappa shape index (κ3) is 7.24. The van der Waals surface area contributed by atoms with Crippen LogP contribution in [0.25, 0.3) is 10.9 Å². The zero-order valence-corrected chi connectivity index (χ0v) is 24.8. The van der Waals surface area contributed by atoms with Crippen LogP contribution in [0.3, 0.4) is 0 Å². The van der Waals surface area contributed by atoms with Crippen molar-refractivity contribution in [2.24, 2.45) is 11.8 Å². The topological polar surface area (TPSA) is 113 Å². The van der Waals surface area contributed by atoms with E-state index < -0.39 is 30.5 Å². The molecule has 2 fully saturated rings. The quantitative estimate of drug-likeness (QED) is 0.516. The molecule has 0 unspecified atom stereocenters. The first kappa shape index (κ1) is 30.5. The molecule has 222 valence electrons. The van der Waals surface area contributed by atoms with Crippen LogP contribution in [0.4, 0.5) is 0 Å². The standard InChI is InChI=1S/C31H47N3O6/c1-19-14-23(35)10-9-13-34(5)30(37)26(15-22-18-32-25-12-8-7-11-24(22)25)33-29(36)21(3)28(19)40-27-17-31(4,38-6)16-20(2)39-27/h7-8,11-12,18-21,23,26-28,32,35H,9-10,13-17H2,1-6H3,(H,33,36)/t19-,20+,21-,23-,26+,27+,28+,31+/m1/s1. The Hall–Kier alpha value is -2.46. The zero-order valence-electron chi connectivity index (χ0n) is 24.8. The first-order valence-corrected chi connectivity index (χ1v) is 14.6. The summed E-state index contributed by atoms with van der Waals surface area (Å²) in [6.07, 6.45) is 3.61. The van der Waals surface area contributed by atoms with Gasteiger partial charge in [0.15, 0.2) is 6.29 Å². The number of hydrogen-bond acceptors (Lipinski definition) is 6. The van der Waals surface area contributed by atoms with Crippen molar-refractivity contribution < 1.29 is 28.9 Å². The van der Waals surface area contributed by atoms with Crippen molar-refractivity contribution in [2.45, 2.75) is 102 Å². The predicted octanol–water partition coefficient (Wildman–Crippen LogP) is 3.79. The molecule has 3 N–H and O–H groups in total. The molecule has 3 heterocycles. The zero-order chi connectivity index (χ0) is 29.0. The average Bonchev–Trinajstić information content (AvgIpc) is 3.32. The number of para-hydroxylation sites is 1. The minimum absolute atomic E-state index is 0.0581. The molecule has 2 aliphatic heterocycles. The fourth-order valence-electron chi connectivity index (χ4n) is 6.36. The molecule has 2 aromatic rings. The van der Waals surface area contributed by atoms with Gasteiger partial charge in [-0.25, -0.2) is 0 Å². The van der Waals surface area contributed by atoms with Gasteiger partial charge in [0, 0.05) is 57.1 Å². The molecule has 0 aliphatic carbocycles. The fraction of sp³-hybridized carbons (Fsp3) is 0.677. The number of aromatic amines is 1. The van der Waals surface area contributed by atoms with Crippen LogP contribution in [0.15, 0.2) is 30.5 Å². The van der Waals surface area contributed by atoms with Gasteiger partial charge in [0.25, 0.3) is 0 Å². The third-order valence-electron chi connectivity index (χ3n) is 8.74. The summed E-state index contributed by atoms with van der Waals surface area (Å²) in [4.78, 5) is 32.4. The summed E-state index contributed by atoms with van der Waals surface area (Å²) in [6, 6.07) is 7.21. The number of aliphatic hydroxyl groups excluding tert-OH is 1. The van der Waals surface area contributed by atoms with Gasteiger partial charge >= 0.3 is 0 Å². The van der Waals surface area contributed by atoms with E-state index in [1.165, 1.54) is 0 Å². The number of nitrogens with one attached hydrogen (secondary N) is 2. The number of benzene rings is 1. The van der Waals surface area contributed by atoms with E-state index >= 15 is 0 Å². The molecule has 2 saturated heterocycles. The van der Waals surface area contributed by atoms with Gasteiger partial charge in [-0.15, -0.1) is 0 Å². The third-order valence-corrected chi connectivity index (χ3v) is 8.74. The van der Waals surface area contributed by atoms with Crippen LogP contribution in [-0.2, 0) is 30.2 Å². The lowest BCUT2D eigenvalue weighted by Gasteiger charge is -2.42. The van der Waals surface area contributed by atoms with E-state index in [2.05, 4.69) is 10.3 Å². The van der Waals surface area contributed by atoms with Gasteiger partial charge in [-0.1, -0.05) is 32.0 Å². The van der Waals surface area contributed by atoms with Crippen molar-refractivity contribution in [3.05, 3.63) is 36.0 Å². The highest BCUT2D eigenvalue weighted by molar-refractivity contribution is 5.90. The number of fused-ring (bicyclic) bond motifs is 1. The second-order valence-electron chi connectivity index (χ2n) is 12.2. The Morgan fingerprint density at radius 3 is 2.67 bits per heavy atom. The first-order chi connectivity index (χ1) is 19.0. The number of likely N-dealkylation sites (N-methyl/N-ethyl adjacent to an activating group) is 1. The van der Waals surface area contributed by atoms with E-state index in [9.17, 15) is 14.7 Å². The molecule has 0 saturated carbocycles. The Morgan fingerprint density at radius 1 is 1.18 bits per heavy atom. The molecule has 9 nitrogen and oxygen atoms in total. The number of ether oxygens (including phenoxy) is 3. The second-order valence-corrected chi connectivity index (χ2v) is 12.2. The number of carbonyl (C=O) groups is 2. The fourth-order valence-corrected chi connectivity index (χ4v) is 6.36. The normalized spacial score (nSPS) is 35.1. The minimum Gasteiger partial charge on any atom is -0.393 e. The van der Waals surface area contributed by atoms with Crippen molar-refractivity contribution in [1.29, 1.82) is 0 Å². The molecule has 2 aliphatic rings. The van der Waals surface area contributed by atoms with E-state index in [4.69, 9.17) is 14.2 Å². The number of nitrogens with zero attached hydrogens (tertiary/aromatic N) is 1. The Morgan fingerprint density at radius 2 is 1.93 bits per heavy atom. The van der Waals surface area contributed by atoms with Crippen molar-refractivity contribution in [2.75, 3.05) is 20.7 Å². The maximum Gasteiger partial charge on any atom is 0.245 e. The first-order valence-electron chi connectivity index (χ1n) is 14.6. The summed E-state index contributed by atoms with van der Waals surface area (Å²) in [5, 5.41) is 14.9. The van der Waals surface area contributed by atoms with Crippen molar-refractivity contribution in [1.82, 2.24) is 15.2 Å². The van der Waals surface area contributed by atoms with Gasteiger partial charge < -0.3 is 34.5 Å². The van der Waals surface area contributed by atoms with Gasteiger partial charge in [-0.05, 0) is 50.7 Å². The van der Waals surface area contributed by atoms with Gasteiger partial charge in [0.2, 0.25) is 11.8 Å². The molecule has 0 radical (unpaired) electrons. The van der Waals surface area contributed by atoms with Crippen molar-refractivity contribution in [3.63, 3.8) is 0 Å². The number of aliphatic hydroxyl groups is 1. The van der Waals surface area contributed by atoms with Crippen LogP contribution in [0, 0.1) is 11.8 Å². The van der Waals surface area contributed by atoms with Crippen molar-refractivity contribution in [3.8, 4) is 0 Å². The highest BCUT2D eigenvalue weighted by Gasteiger charge is 2.41. The summed E-state index contributed by atoms with van der Waals surface area (Å²) in [5.41, 5.74) is 1.57. The number of H-pyrrole nitrogens is 1. The molecule has 0 spiro atoms. The highest BCUT2D eigenvalue weighted by atomic mass is 16.7. The number of methoxy groups -OCH3 is 1. The summed E-state index contributed by atoms with van der Waals surface area (Å²) in [6.45, 7) is 8.40. The summed E-state index contributed by atoms with van der Waals surface area (Å²) < 4.78 is 18.5. The summed E-state index contributed by atoms with van der Waals surface area (Å²) in [5.74, 6) is -1.10. The molecule has 1 aromatic carbocycles. The van der Waals surface area contributed by atoms with Crippen molar-refractivity contribution >= 4 is 22.7 Å². The number of carbonyl (C=O) groups excluding carboxylic acids is 2. The molecule has 9 heteroatoms. The average molecular weight is 558 g/mol. The number of rotatable bonds is 5. The molecule has 2 amide bonds. The smallest absolute Gasteiger partial charge is 0.245 e. The van der Waals surface area contributed by atoms with Crippen LogP contribution in [-0.4, -0.2) is 83.8 Å². The lowest BCUT2D eigenvalue weighted by atomic mass is 9.86. The van der Waals surface area contributed by atoms with E-state index in [0.29, 0.717) is 38.6 Å². The number of amides is 2. The SMILES string of the molecule is CO[C@]1(C)C[C@H](O[C@H]2[C@H](C)C[C@H](O)CCCN(C)C(=O)[C@H](Cc3c[nH]c4ccccc34)NC(=O)[C@@H]2C)O[C@@H](C)C1. The molecule has 4 rings (SSSR count). The molecular weight excluding hydrogens is 510 g/mol. The Balaban J connectivity index is 1.60. The molecule has 40 heavy (non-hydrogen) atoms. The van der Waals surface area contributed by atoms with Crippen LogP contribution in [0.5, 0.6) is 0 Å². The van der Waals surface area contributed by atoms with E-state index in [0.717, 1.165) is 22.9 Å². The molecular formula is C31H47N3O6. The van der Waals surface area contributed by atoms with E-state index in [1.807, 2.05) is 58.2 Å². The number of hydrogen-bond donors (Lipinski definition) is 3. The molecule has 0 bridgehead atoms. The maximum absolute atomic E-state index is 13.8. The van der Waals surface area contributed by atoms with Crippen LogP contribution in [0.1, 0.15) is 65.4 Å². The van der Waals surface area contributed by atoms with Crippen LogP contribution >= 0.6 is 0 Å². The molecule has 1 aromatic heterocycles. The lowest BCUT2D eigenvalue weighted by molar-refractivity contribution is -0.263. The lowest BCUT2D eigenvalue weighted by Crippen LogP contribution is -2.53. The highest BCUT2D eigenvalue weighted by Crippen LogP contribution is 2.35. The largest absolute Gasteiger partial charge is 0.393 e. The van der Waals surface area contributed by atoms with Gasteiger partial charge in [-0.3, -0.25) is 9.59 Å². The summed E-state index contributed by atoms with van der Waals surface area (Å²) >= 11 is 0. The number of aromatic nitrogens is 1. The maximum atomic E-state index is 13.8. The van der Waals surface area contributed by atoms with Crippen LogP contribution in [0.2, 0.25) is 0 Å². The summed E-state index contributed by atoms with van der Waals surface area (Å²) in [7, 11) is 3.46. The van der Waals surface area contributed by atoms with E-state index in [-0.39, 0.29) is 29.4 Å².